The molecule has 0 aliphatic heterocycles. The van der Waals surface area contributed by atoms with E-state index in [-0.39, 0.29) is 6.09 Å². The Balaban J connectivity index is 2.14. The Morgan fingerprint density at radius 2 is 1.85 bits per heavy atom. The van der Waals surface area contributed by atoms with Gasteiger partial charge in [-0.1, -0.05) is 37.3 Å². The van der Waals surface area contributed by atoms with Gasteiger partial charge in [-0.2, -0.15) is 0 Å². The maximum absolute atomic E-state index is 11.5. The van der Waals surface area contributed by atoms with E-state index in [9.17, 15) is 4.79 Å². The molecule has 20 heavy (non-hydrogen) atoms. The number of rotatable bonds is 6. The summed E-state index contributed by atoms with van der Waals surface area (Å²) in [4.78, 5) is 11.5. The van der Waals surface area contributed by atoms with Gasteiger partial charge in [0.15, 0.2) is 0 Å². The van der Waals surface area contributed by atoms with E-state index < -0.39 is 5.60 Å². The maximum atomic E-state index is 11.5. The third kappa shape index (κ3) is 7.79. The van der Waals surface area contributed by atoms with E-state index in [1.54, 1.807) is 0 Å². The molecular formula is C16H26N2O2. The van der Waals surface area contributed by atoms with Gasteiger partial charge in [-0.15, -0.1) is 0 Å². The molecule has 1 aromatic carbocycles. The van der Waals surface area contributed by atoms with Gasteiger partial charge in [0.2, 0.25) is 0 Å². The van der Waals surface area contributed by atoms with Crippen LogP contribution >= 0.6 is 0 Å². The second-order valence-electron chi connectivity index (χ2n) is 6.10. The fraction of sp³-hybridized carbons (Fsp3) is 0.562. The van der Waals surface area contributed by atoms with Gasteiger partial charge in [0, 0.05) is 13.1 Å². The van der Waals surface area contributed by atoms with E-state index in [2.05, 4.69) is 29.7 Å². The third-order valence-electron chi connectivity index (χ3n) is 2.66. The number of benzene rings is 1. The zero-order valence-corrected chi connectivity index (χ0v) is 12.9. The second-order valence-corrected chi connectivity index (χ2v) is 6.10. The second kappa shape index (κ2) is 7.90. The molecular weight excluding hydrogens is 252 g/mol. The van der Waals surface area contributed by atoms with Crippen molar-refractivity contribution in [1.29, 1.82) is 0 Å². The summed E-state index contributed by atoms with van der Waals surface area (Å²) >= 11 is 0. The Morgan fingerprint density at radius 1 is 1.20 bits per heavy atom. The first-order valence-electron chi connectivity index (χ1n) is 7.08. The Bertz CT molecular complexity index is 399. The molecule has 1 unspecified atom stereocenters. The van der Waals surface area contributed by atoms with E-state index in [1.165, 1.54) is 5.56 Å². The summed E-state index contributed by atoms with van der Waals surface area (Å²) < 4.78 is 5.19. The standard InChI is InChI=1S/C16H26N2O2/c1-13(11-18-15(19)20-16(2,3)4)10-17-12-14-8-6-5-7-9-14/h5-9,13,17H,10-12H2,1-4H3,(H,18,19). The van der Waals surface area contributed by atoms with Gasteiger partial charge in [0.1, 0.15) is 5.60 Å². The minimum atomic E-state index is -0.446. The Hall–Kier alpha value is -1.55. The number of hydrogen-bond acceptors (Lipinski definition) is 3. The van der Waals surface area contributed by atoms with Crippen molar-refractivity contribution >= 4 is 6.09 Å². The third-order valence-corrected chi connectivity index (χ3v) is 2.66. The molecule has 4 nitrogen and oxygen atoms in total. The Kier molecular flexibility index (Phi) is 6.52. The zero-order chi connectivity index (χ0) is 15.0. The summed E-state index contributed by atoms with van der Waals surface area (Å²) in [6, 6.07) is 10.3. The summed E-state index contributed by atoms with van der Waals surface area (Å²) in [5, 5.41) is 6.17. The molecule has 1 amide bonds. The number of carbonyl (C=O) groups excluding carboxylic acids is 1. The predicted octanol–water partition coefficient (Wildman–Crippen LogP) is 2.94. The molecule has 0 spiro atoms. The molecule has 2 N–H and O–H groups in total. The van der Waals surface area contributed by atoms with E-state index >= 15 is 0 Å². The molecule has 112 valence electrons. The van der Waals surface area contributed by atoms with Gasteiger partial charge in [-0.3, -0.25) is 0 Å². The van der Waals surface area contributed by atoms with Gasteiger partial charge in [-0.05, 0) is 38.8 Å². The lowest BCUT2D eigenvalue weighted by molar-refractivity contribution is 0.0520. The topological polar surface area (TPSA) is 50.4 Å². The Labute approximate surface area is 121 Å². The number of alkyl carbamates (subject to hydrolysis) is 1. The number of nitrogens with one attached hydrogen (secondary N) is 2. The van der Waals surface area contributed by atoms with Crippen molar-refractivity contribution in [3.05, 3.63) is 35.9 Å². The van der Waals surface area contributed by atoms with Gasteiger partial charge < -0.3 is 15.4 Å². The van der Waals surface area contributed by atoms with Crippen LogP contribution < -0.4 is 10.6 Å². The van der Waals surface area contributed by atoms with E-state index in [0.29, 0.717) is 12.5 Å². The highest BCUT2D eigenvalue weighted by atomic mass is 16.6. The molecule has 0 aliphatic carbocycles. The van der Waals surface area contributed by atoms with Crippen LogP contribution in [0.1, 0.15) is 33.3 Å². The van der Waals surface area contributed by atoms with Crippen molar-refractivity contribution in [2.45, 2.75) is 39.8 Å². The minimum Gasteiger partial charge on any atom is -0.444 e. The fourth-order valence-corrected chi connectivity index (χ4v) is 1.70. The van der Waals surface area contributed by atoms with Crippen LogP contribution in [0.25, 0.3) is 0 Å². The van der Waals surface area contributed by atoms with Gasteiger partial charge in [0.25, 0.3) is 0 Å². The average molecular weight is 278 g/mol. The normalized spacial score (nSPS) is 12.8. The number of amides is 1. The zero-order valence-electron chi connectivity index (χ0n) is 12.9. The molecule has 0 aliphatic rings. The molecule has 0 fully saturated rings. The summed E-state index contributed by atoms with van der Waals surface area (Å²) in [5.74, 6) is 0.353. The highest BCUT2D eigenvalue weighted by molar-refractivity contribution is 5.67. The van der Waals surface area contributed by atoms with Crippen LogP contribution in [0.2, 0.25) is 0 Å². The van der Waals surface area contributed by atoms with Crippen LogP contribution in [0.5, 0.6) is 0 Å². The number of carbonyl (C=O) groups is 1. The first-order valence-corrected chi connectivity index (χ1v) is 7.08. The quantitative estimate of drug-likeness (QED) is 0.841. The molecule has 4 heteroatoms. The van der Waals surface area contributed by atoms with Crippen molar-refractivity contribution in [1.82, 2.24) is 10.6 Å². The number of hydrogen-bond donors (Lipinski definition) is 2. The lowest BCUT2D eigenvalue weighted by Crippen LogP contribution is -2.37. The molecule has 0 saturated carbocycles. The van der Waals surface area contributed by atoms with Gasteiger partial charge >= 0.3 is 6.09 Å². The molecule has 1 rings (SSSR count). The summed E-state index contributed by atoms with van der Waals surface area (Å²) in [6.07, 6.45) is -0.354. The lowest BCUT2D eigenvalue weighted by Gasteiger charge is -2.21. The van der Waals surface area contributed by atoms with E-state index in [1.807, 2.05) is 39.0 Å². The van der Waals surface area contributed by atoms with Crippen LogP contribution in [-0.2, 0) is 11.3 Å². The van der Waals surface area contributed by atoms with Gasteiger partial charge in [-0.25, -0.2) is 4.79 Å². The van der Waals surface area contributed by atoms with Crippen molar-refractivity contribution in [3.63, 3.8) is 0 Å². The lowest BCUT2D eigenvalue weighted by atomic mass is 10.1. The largest absolute Gasteiger partial charge is 0.444 e. The Morgan fingerprint density at radius 3 is 2.45 bits per heavy atom. The smallest absolute Gasteiger partial charge is 0.407 e. The molecule has 1 aromatic rings. The van der Waals surface area contributed by atoms with Crippen LogP contribution in [0.4, 0.5) is 4.79 Å². The molecule has 0 heterocycles. The van der Waals surface area contributed by atoms with Crippen LogP contribution in [0.15, 0.2) is 30.3 Å². The SMILES string of the molecule is CC(CNCc1ccccc1)CNC(=O)OC(C)(C)C. The molecule has 0 saturated heterocycles. The van der Waals surface area contributed by atoms with Crippen molar-refractivity contribution in [3.8, 4) is 0 Å². The first-order chi connectivity index (χ1) is 9.37. The maximum Gasteiger partial charge on any atom is 0.407 e. The summed E-state index contributed by atoms with van der Waals surface area (Å²) in [5.41, 5.74) is 0.818. The predicted molar refractivity (Wildman–Crippen MR) is 81.5 cm³/mol. The molecule has 0 aromatic heterocycles. The monoisotopic (exact) mass is 278 g/mol. The highest BCUT2D eigenvalue weighted by Crippen LogP contribution is 2.06. The van der Waals surface area contributed by atoms with Crippen LogP contribution in [0, 0.1) is 5.92 Å². The first kappa shape index (κ1) is 16.5. The molecule has 1 atom stereocenters. The summed E-state index contributed by atoms with van der Waals surface area (Å²) in [6.45, 7) is 9.97. The summed E-state index contributed by atoms with van der Waals surface area (Å²) in [7, 11) is 0. The fourth-order valence-electron chi connectivity index (χ4n) is 1.70. The number of ether oxygens (including phenoxy) is 1. The molecule has 0 bridgehead atoms. The average Bonchev–Trinajstić information content (AvgIpc) is 2.36. The van der Waals surface area contributed by atoms with Crippen molar-refractivity contribution in [2.24, 2.45) is 5.92 Å². The van der Waals surface area contributed by atoms with Crippen molar-refractivity contribution in [2.75, 3.05) is 13.1 Å². The van der Waals surface area contributed by atoms with Crippen LogP contribution in [0.3, 0.4) is 0 Å². The van der Waals surface area contributed by atoms with Crippen LogP contribution in [-0.4, -0.2) is 24.8 Å². The van der Waals surface area contributed by atoms with E-state index in [0.717, 1.165) is 13.1 Å². The minimum absolute atomic E-state index is 0.353. The highest BCUT2D eigenvalue weighted by Gasteiger charge is 2.16. The molecule has 0 radical (unpaired) electrons. The van der Waals surface area contributed by atoms with Gasteiger partial charge in [0.05, 0.1) is 0 Å². The van der Waals surface area contributed by atoms with Crippen molar-refractivity contribution < 1.29 is 9.53 Å². The van der Waals surface area contributed by atoms with E-state index in [4.69, 9.17) is 4.74 Å².